The molecule has 0 bridgehead atoms. The smallest absolute Gasteiger partial charge is 0.292 e. The molecule has 1 fully saturated rings. The lowest BCUT2D eigenvalue weighted by Crippen LogP contribution is -2.37. The number of nitro benzene ring substituents is 1. The zero-order valence-electron chi connectivity index (χ0n) is 10.6. The fourth-order valence-corrected chi connectivity index (χ4v) is 2.51. The van der Waals surface area contributed by atoms with Crippen molar-refractivity contribution in [1.29, 1.82) is 0 Å². The molecule has 1 aromatic rings. The number of nitrogens with one attached hydrogen (secondary N) is 1. The number of rotatable bonds is 5. The molecule has 0 saturated carbocycles. The van der Waals surface area contributed by atoms with E-state index in [-0.39, 0.29) is 10.6 Å². The van der Waals surface area contributed by atoms with Crippen LogP contribution in [0.4, 0.5) is 11.4 Å². The van der Waals surface area contributed by atoms with Crippen LogP contribution in [0.15, 0.2) is 24.3 Å². The molecule has 1 N–H and O–H groups in total. The van der Waals surface area contributed by atoms with Crippen molar-refractivity contribution in [2.24, 2.45) is 0 Å². The lowest BCUT2D eigenvalue weighted by molar-refractivity contribution is -0.384. The molecule has 2 rings (SSSR count). The van der Waals surface area contributed by atoms with Crippen LogP contribution in [0.5, 0.6) is 0 Å². The van der Waals surface area contributed by atoms with Gasteiger partial charge in [-0.05, 0) is 25.5 Å². The van der Waals surface area contributed by atoms with Crippen LogP contribution in [0.2, 0.25) is 0 Å². The Balaban J connectivity index is 2.32. The first-order valence-corrected chi connectivity index (χ1v) is 6.44. The van der Waals surface area contributed by atoms with Crippen molar-refractivity contribution in [1.82, 2.24) is 5.32 Å². The van der Waals surface area contributed by atoms with Crippen LogP contribution in [0.3, 0.4) is 0 Å². The van der Waals surface area contributed by atoms with E-state index in [1.165, 1.54) is 0 Å². The summed E-state index contributed by atoms with van der Waals surface area (Å²) in [6.45, 7) is 4.86. The Morgan fingerprint density at radius 1 is 1.50 bits per heavy atom. The molecule has 1 atom stereocenters. The van der Waals surface area contributed by atoms with Gasteiger partial charge in [-0.2, -0.15) is 0 Å². The second-order valence-electron chi connectivity index (χ2n) is 4.59. The van der Waals surface area contributed by atoms with E-state index in [2.05, 4.69) is 17.1 Å². The standard InChI is InChI=1S/C13H19N3O2/c1-2-9-15(11-7-8-14-10-11)12-5-3-4-6-13(12)16(17)18/h3-6,11,14H,2,7-10H2,1H3. The first kappa shape index (κ1) is 12.8. The molecule has 1 aliphatic rings. The molecule has 0 amide bonds. The molecule has 0 spiro atoms. The van der Waals surface area contributed by atoms with Gasteiger partial charge in [0.1, 0.15) is 5.69 Å². The van der Waals surface area contributed by atoms with Crippen molar-refractivity contribution in [2.45, 2.75) is 25.8 Å². The van der Waals surface area contributed by atoms with Crippen LogP contribution in [-0.4, -0.2) is 30.6 Å². The van der Waals surface area contributed by atoms with Crippen molar-refractivity contribution < 1.29 is 4.92 Å². The predicted molar refractivity (Wildman–Crippen MR) is 72.0 cm³/mol. The van der Waals surface area contributed by atoms with Crippen LogP contribution in [0, 0.1) is 10.1 Å². The van der Waals surface area contributed by atoms with Crippen molar-refractivity contribution >= 4 is 11.4 Å². The van der Waals surface area contributed by atoms with Gasteiger partial charge in [-0.3, -0.25) is 10.1 Å². The highest BCUT2D eigenvalue weighted by Gasteiger charge is 2.26. The van der Waals surface area contributed by atoms with Crippen LogP contribution in [0.1, 0.15) is 19.8 Å². The van der Waals surface area contributed by atoms with E-state index in [0.29, 0.717) is 6.04 Å². The van der Waals surface area contributed by atoms with Gasteiger partial charge in [-0.1, -0.05) is 19.1 Å². The molecule has 1 aromatic carbocycles. The number of hydrogen-bond acceptors (Lipinski definition) is 4. The molecule has 18 heavy (non-hydrogen) atoms. The quantitative estimate of drug-likeness (QED) is 0.642. The summed E-state index contributed by atoms with van der Waals surface area (Å²) in [7, 11) is 0. The first-order chi connectivity index (χ1) is 8.74. The van der Waals surface area contributed by atoms with Crippen molar-refractivity contribution in [2.75, 3.05) is 24.5 Å². The molecule has 1 unspecified atom stereocenters. The van der Waals surface area contributed by atoms with E-state index >= 15 is 0 Å². The molecule has 0 aliphatic carbocycles. The maximum Gasteiger partial charge on any atom is 0.292 e. The molecule has 5 nitrogen and oxygen atoms in total. The third-order valence-electron chi connectivity index (χ3n) is 3.33. The average Bonchev–Trinajstić information content (AvgIpc) is 2.89. The van der Waals surface area contributed by atoms with Gasteiger partial charge < -0.3 is 10.2 Å². The Bertz CT molecular complexity index is 416. The Kier molecular flexibility index (Phi) is 4.15. The van der Waals surface area contributed by atoms with Gasteiger partial charge in [-0.25, -0.2) is 0 Å². The number of benzene rings is 1. The number of nitro groups is 1. The summed E-state index contributed by atoms with van der Waals surface area (Å²) in [6.07, 6.45) is 2.04. The van der Waals surface area contributed by atoms with Gasteiger partial charge in [-0.15, -0.1) is 0 Å². The minimum atomic E-state index is -0.291. The first-order valence-electron chi connectivity index (χ1n) is 6.44. The van der Waals surface area contributed by atoms with Gasteiger partial charge in [0.05, 0.1) is 4.92 Å². The lowest BCUT2D eigenvalue weighted by Gasteiger charge is -2.29. The summed E-state index contributed by atoms with van der Waals surface area (Å²) in [5.41, 5.74) is 0.955. The minimum absolute atomic E-state index is 0.206. The van der Waals surface area contributed by atoms with Crippen molar-refractivity contribution in [3.8, 4) is 0 Å². The maximum absolute atomic E-state index is 11.1. The third kappa shape index (κ3) is 2.61. The number of nitrogens with zero attached hydrogens (tertiary/aromatic N) is 2. The summed E-state index contributed by atoms with van der Waals surface area (Å²) in [4.78, 5) is 13.0. The summed E-state index contributed by atoms with van der Waals surface area (Å²) in [6, 6.07) is 7.39. The molecule has 5 heteroatoms. The predicted octanol–water partition coefficient (Wildman–Crippen LogP) is 2.17. The van der Waals surface area contributed by atoms with E-state index in [4.69, 9.17) is 0 Å². The molecule has 1 heterocycles. The SMILES string of the molecule is CCCN(c1ccccc1[N+](=O)[O-])C1CCNC1. The van der Waals surface area contributed by atoms with E-state index < -0.39 is 0 Å². The van der Waals surface area contributed by atoms with Gasteiger partial charge in [0.25, 0.3) is 5.69 Å². The molecule has 0 radical (unpaired) electrons. The van der Waals surface area contributed by atoms with Crippen LogP contribution in [0.25, 0.3) is 0 Å². The normalized spacial score (nSPS) is 18.8. The second kappa shape index (κ2) is 5.82. The van der Waals surface area contributed by atoms with E-state index in [1.807, 2.05) is 12.1 Å². The van der Waals surface area contributed by atoms with Crippen molar-refractivity contribution in [3.05, 3.63) is 34.4 Å². The second-order valence-corrected chi connectivity index (χ2v) is 4.59. The molecule has 1 saturated heterocycles. The third-order valence-corrected chi connectivity index (χ3v) is 3.33. The number of para-hydroxylation sites is 2. The van der Waals surface area contributed by atoms with Gasteiger partial charge in [0, 0.05) is 25.2 Å². The topological polar surface area (TPSA) is 58.4 Å². The largest absolute Gasteiger partial charge is 0.362 e. The van der Waals surface area contributed by atoms with Gasteiger partial charge in [0.15, 0.2) is 0 Å². The number of hydrogen-bond donors (Lipinski definition) is 1. The van der Waals surface area contributed by atoms with E-state index in [9.17, 15) is 10.1 Å². The summed E-state index contributed by atoms with van der Waals surface area (Å²) in [5.74, 6) is 0. The Hall–Kier alpha value is -1.62. The monoisotopic (exact) mass is 249 g/mol. The average molecular weight is 249 g/mol. The van der Waals surface area contributed by atoms with Crippen molar-refractivity contribution in [3.63, 3.8) is 0 Å². The Morgan fingerprint density at radius 3 is 2.89 bits per heavy atom. The Morgan fingerprint density at radius 2 is 2.28 bits per heavy atom. The maximum atomic E-state index is 11.1. The molecule has 98 valence electrons. The molecular formula is C13H19N3O2. The fraction of sp³-hybridized carbons (Fsp3) is 0.538. The zero-order valence-corrected chi connectivity index (χ0v) is 10.6. The lowest BCUT2D eigenvalue weighted by atomic mass is 10.1. The van der Waals surface area contributed by atoms with Crippen LogP contribution >= 0.6 is 0 Å². The van der Waals surface area contributed by atoms with Gasteiger partial charge >= 0.3 is 0 Å². The highest BCUT2D eigenvalue weighted by atomic mass is 16.6. The summed E-state index contributed by atoms with van der Waals surface area (Å²) in [5, 5.41) is 14.4. The van der Waals surface area contributed by atoms with E-state index in [0.717, 1.165) is 38.2 Å². The number of anilines is 1. The zero-order chi connectivity index (χ0) is 13.0. The molecule has 0 aromatic heterocycles. The fourth-order valence-electron chi connectivity index (χ4n) is 2.51. The van der Waals surface area contributed by atoms with Crippen LogP contribution in [-0.2, 0) is 0 Å². The summed E-state index contributed by atoms with van der Waals surface area (Å²) >= 11 is 0. The van der Waals surface area contributed by atoms with E-state index in [1.54, 1.807) is 12.1 Å². The highest BCUT2D eigenvalue weighted by Crippen LogP contribution is 2.30. The minimum Gasteiger partial charge on any atom is -0.362 e. The van der Waals surface area contributed by atoms with Crippen LogP contribution < -0.4 is 10.2 Å². The van der Waals surface area contributed by atoms with Gasteiger partial charge in [0.2, 0.25) is 0 Å². The highest BCUT2D eigenvalue weighted by molar-refractivity contribution is 5.63. The summed E-state index contributed by atoms with van der Waals surface area (Å²) < 4.78 is 0. The molecule has 1 aliphatic heterocycles. The molecular weight excluding hydrogens is 230 g/mol. The Labute approximate surface area is 107 Å².